The molecule has 3 N–H and O–H groups in total. The van der Waals surface area contributed by atoms with E-state index in [0.717, 1.165) is 6.20 Å². The average Bonchev–Trinajstić information content (AvgIpc) is 2.33. The van der Waals surface area contributed by atoms with Crippen LogP contribution in [0.3, 0.4) is 0 Å². The maximum atomic E-state index is 12.2. The van der Waals surface area contributed by atoms with Gasteiger partial charge in [0.2, 0.25) is 0 Å². The van der Waals surface area contributed by atoms with Crippen LogP contribution in [0, 0.1) is 6.08 Å². The van der Waals surface area contributed by atoms with Gasteiger partial charge in [-0.05, 0) is 0 Å². The van der Waals surface area contributed by atoms with Crippen LogP contribution in [0.25, 0.3) is 0 Å². The fraction of sp³-hybridized carbons (Fsp3) is 0.500. The molecule has 0 aliphatic rings. The minimum absolute atomic E-state index is 0. The van der Waals surface area contributed by atoms with Gasteiger partial charge < -0.3 is 10.7 Å². The van der Waals surface area contributed by atoms with E-state index in [1.807, 2.05) is 4.98 Å². The summed E-state index contributed by atoms with van der Waals surface area (Å²) >= 11 is 0. The monoisotopic (exact) mass is 277 g/mol. The summed E-state index contributed by atoms with van der Waals surface area (Å²) in [6.07, 6.45) is -4.90. The number of hydrogen-bond donors (Lipinski definition) is 2. The number of aromatic nitrogens is 2. The van der Waals surface area contributed by atoms with Gasteiger partial charge in [-0.25, -0.2) is 4.98 Å². The highest BCUT2D eigenvalue weighted by Gasteiger charge is 2.36. The Morgan fingerprint density at radius 3 is 2.43 bits per heavy atom. The van der Waals surface area contributed by atoms with Crippen molar-refractivity contribution in [2.75, 3.05) is 0 Å². The first-order valence-corrected chi connectivity index (χ1v) is 3.41. The fourth-order valence-electron chi connectivity index (χ4n) is 0.788. The summed E-state index contributed by atoms with van der Waals surface area (Å²) in [5.41, 5.74) is 4.83. The van der Waals surface area contributed by atoms with Crippen molar-refractivity contribution in [2.45, 2.75) is 18.6 Å². The Labute approximate surface area is 87.5 Å². The maximum Gasteiger partial charge on any atom is 0.404 e. The van der Waals surface area contributed by atoms with Crippen molar-refractivity contribution in [2.24, 2.45) is 5.73 Å². The first kappa shape index (κ1) is 13.4. The minimum atomic E-state index is -4.47. The zero-order valence-electron chi connectivity index (χ0n) is 6.81. The molecule has 3 nitrogen and oxygen atoms in total. The lowest BCUT2D eigenvalue weighted by molar-refractivity contribution is -0.147. The van der Waals surface area contributed by atoms with Crippen LogP contribution >= 0.6 is 17.0 Å². The average molecular weight is 278 g/mol. The van der Waals surface area contributed by atoms with Gasteiger partial charge in [0, 0.05) is 12.1 Å². The van der Waals surface area contributed by atoms with Crippen LogP contribution in [-0.4, -0.2) is 22.2 Å². The molecule has 8 heteroatoms. The molecule has 14 heavy (non-hydrogen) atoms. The van der Waals surface area contributed by atoms with Crippen molar-refractivity contribution in [1.82, 2.24) is 9.97 Å². The van der Waals surface area contributed by atoms with E-state index in [9.17, 15) is 17.6 Å². The van der Waals surface area contributed by atoms with Gasteiger partial charge in [0.05, 0.1) is 6.20 Å². The number of rotatable bonds is 2. The predicted octanol–water partition coefficient (Wildman–Crippen LogP) is 1.56. The minimum Gasteiger partial charge on any atom is -0.320 e. The van der Waals surface area contributed by atoms with Crippen molar-refractivity contribution in [3.05, 3.63) is 18.0 Å². The van der Waals surface area contributed by atoms with Crippen LogP contribution in [0.15, 0.2) is 6.20 Å². The predicted molar refractivity (Wildman–Crippen MR) is 46.6 cm³/mol. The van der Waals surface area contributed by atoms with Gasteiger partial charge in [-0.15, -0.1) is 17.0 Å². The fourth-order valence-corrected chi connectivity index (χ4v) is 0.788. The molecule has 0 aliphatic heterocycles. The van der Waals surface area contributed by atoms with Gasteiger partial charge in [0.25, 0.3) is 6.08 Å². The normalized spacial score (nSPS) is 13.5. The number of aromatic amines is 1. The van der Waals surface area contributed by atoms with Gasteiger partial charge in [-0.2, -0.15) is 17.6 Å². The summed E-state index contributed by atoms with van der Waals surface area (Å²) in [7, 11) is 0. The second kappa shape index (κ2) is 4.74. The van der Waals surface area contributed by atoms with E-state index in [1.165, 1.54) is 0 Å². The number of hydrogen-bond acceptors (Lipinski definition) is 2. The maximum absolute atomic E-state index is 12.2. The van der Waals surface area contributed by atoms with Crippen LogP contribution in [0.1, 0.15) is 5.69 Å². The second-order valence-corrected chi connectivity index (χ2v) is 2.55. The molecule has 0 fully saturated rings. The largest absolute Gasteiger partial charge is 0.404 e. The van der Waals surface area contributed by atoms with E-state index >= 15 is 0 Å². The quantitative estimate of drug-likeness (QED) is 0.806. The molecule has 0 radical (unpaired) electrons. The zero-order valence-corrected chi connectivity index (χ0v) is 8.52. The van der Waals surface area contributed by atoms with Crippen LogP contribution in [0.5, 0.6) is 0 Å². The molecule has 82 valence electrons. The molecule has 0 aliphatic carbocycles. The highest BCUT2D eigenvalue weighted by atomic mass is 79.9. The van der Waals surface area contributed by atoms with Gasteiger partial charge >= 0.3 is 6.18 Å². The molecule has 0 spiro atoms. The van der Waals surface area contributed by atoms with E-state index in [4.69, 9.17) is 5.73 Å². The summed E-state index contributed by atoms with van der Waals surface area (Å²) in [6, 6.07) is -1.99. The lowest BCUT2D eigenvalue weighted by Gasteiger charge is -2.13. The molecule has 0 bridgehead atoms. The number of nitrogens with one attached hydrogen (secondary N) is 1. The number of nitrogens with zero attached hydrogens (tertiary/aromatic N) is 1. The molecule has 1 unspecified atom stereocenters. The Morgan fingerprint density at radius 2 is 2.07 bits per heavy atom. The lowest BCUT2D eigenvalue weighted by atomic mass is 10.2. The highest BCUT2D eigenvalue weighted by molar-refractivity contribution is 8.93. The number of imidazole rings is 1. The molecule has 0 saturated heterocycles. The van der Waals surface area contributed by atoms with Crippen molar-refractivity contribution in [3.63, 3.8) is 0 Å². The third kappa shape index (κ3) is 3.62. The Bertz CT molecular complexity index is 285. The Balaban J connectivity index is 0.00000169. The van der Waals surface area contributed by atoms with E-state index in [-0.39, 0.29) is 22.7 Å². The van der Waals surface area contributed by atoms with E-state index in [1.54, 1.807) is 0 Å². The molecule has 1 heterocycles. The smallest absolute Gasteiger partial charge is 0.320 e. The lowest BCUT2D eigenvalue weighted by Crippen LogP contribution is -2.39. The topological polar surface area (TPSA) is 54.7 Å². The second-order valence-electron chi connectivity index (χ2n) is 2.55. The molecule has 1 aromatic rings. The first-order chi connectivity index (χ1) is 5.89. The van der Waals surface area contributed by atoms with Crippen molar-refractivity contribution < 1.29 is 17.6 Å². The molecule has 0 aromatic carbocycles. The van der Waals surface area contributed by atoms with E-state index in [2.05, 4.69) is 4.98 Å². The summed E-state index contributed by atoms with van der Waals surface area (Å²) < 4.78 is 47.9. The number of H-pyrrole nitrogens is 1. The Hall–Kier alpha value is -0.630. The highest BCUT2D eigenvalue weighted by Crippen LogP contribution is 2.20. The summed E-state index contributed by atoms with van der Waals surface area (Å²) in [5, 5.41) is 0. The van der Waals surface area contributed by atoms with Gasteiger partial charge in [-0.3, -0.25) is 0 Å². The zero-order chi connectivity index (χ0) is 10.1. The van der Waals surface area contributed by atoms with Crippen LogP contribution in [0.2, 0.25) is 0 Å². The molecule has 0 saturated carbocycles. The molecule has 1 atom stereocenters. The number of halogens is 5. The van der Waals surface area contributed by atoms with Crippen LogP contribution in [0.4, 0.5) is 17.6 Å². The van der Waals surface area contributed by atoms with Gasteiger partial charge in [0.15, 0.2) is 0 Å². The van der Waals surface area contributed by atoms with Crippen molar-refractivity contribution in [1.29, 1.82) is 0 Å². The van der Waals surface area contributed by atoms with Crippen LogP contribution < -0.4 is 5.73 Å². The van der Waals surface area contributed by atoms with E-state index in [0.29, 0.717) is 0 Å². The van der Waals surface area contributed by atoms with Crippen molar-refractivity contribution in [3.8, 4) is 0 Å². The molecular weight excluding hydrogens is 270 g/mol. The first-order valence-electron chi connectivity index (χ1n) is 3.41. The Kier molecular flexibility index (Phi) is 4.53. The molecular formula is C6H8BrF4N3. The Morgan fingerprint density at radius 1 is 1.50 bits per heavy atom. The van der Waals surface area contributed by atoms with E-state index < -0.39 is 24.7 Å². The molecule has 0 amide bonds. The molecule has 1 rings (SSSR count). The third-order valence-electron chi connectivity index (χ3n) is 1.46. The van der Waals surface area contributed by atoms with Gasteiger partial charge in [-0.1, -0.05) is 0 Å². The summed E-state index contributed by atoms with van der Waals surface area (Å²) in [4.78, 5) is 5.13. The number of alkyl halides is 3. The number of nitrogens with two attached hydrogens (primary N) is 1. The van der Waals surface area contributed by atoms with Crippen LogP contribution in [-0.2, 0) is 6.42 Å². The SMILES string of the molecule is Br.NC(Cc1cnc(F)[nH]1)C(F)(F)F. The van der Waals surface area contributed by atoms with Gasteiger partial charge in [0.1, 0.15) is 6.04 Å². The third-order valence-corrected chi connectivity index (χ3v) is 1.46. The summed E-state index contributed by atoms with van der Waals surface area (Å²) in [5.74, 6) is 0. The summed E-state index contributed by atoms with van der Waals surface area (Å²) in [6.45, 7) is 0. The standard InChI is InChI=1S/C6H7F4N3.BrH/c7-5-12-2-3(13-5)1-4(11)6(8,9)10;/h2,4H,1,11H2,(H,12,13);1H. The molecule has 1 aromatic heterocycles. The van der Waals surface area contributed by atoms with Crippen molar-refractivity contribution >= 4 is 17.0 Å².